The van der Waals surface area contributed by atoms with Gasteiger partial charge in [0.2, 0.25) is 5.95 Å². The molecule has 5 nitrogen and oxygen atoms in total. The number of benzene rings is 7. The van der Waals surface area contributed by atoms with Crippen molar-refractivity contribution in [2.45, 2.75) is 0 Å². The van der Waals surface area contributed by atoms with Gasteiger partial charge in [0.25, 0.3) is 0 Å². The minimum absolute atomic E-state index is 0.578. The molecule has 50 heavy (non-hydrogen) atoms. The van der Waals surface area contributed by atoms with Crippen molar-refractivity contribution in [2.75, 3.05) is 0 Å². The number of para-hydroxylation sites is 2. The van der Waals surface area contributed by atoms with Crippen LogP contribution in [0, 0.1) is 0 Å². The lowest BCUT2D eigenvalue weighted by Crippen LogP contribution is -2.06. The average molecular weight is 640 g/mol. The SMILES string of the molecule is c1ccc(-c2ccc3c4ccccc4n(-c4ccc5c6ccccc6n(-c6nc(-c7ccccc7)nc(-c7ccccc7)n6)c5c4)c3c2)cc1. The topological polar surface area (TPSA) is 48.5 Å². The van der Waals surface area contributed by atoms with Gasteiger partial charge in [-0.05, 0) is 41.5 Å². The van der Waals surface area contributed by atoms with E-state index in [-0.39, 0.29) is 0 Å². The lowest BCUT2D eigenvalue weighted by atomic mass is 10.0. The second-order valence-corrected chi connectivity index (χ2v) is 12.5. The first-order chi connectivity index (χ1) is 24.8. The Hall–Kier alpha value is -6.85. The third-order valence-corrected chi connectivity index (χ3v) is 9.58. The third-order valence-electron chi connectivity index (χ3n) is 9.58. The van der Waals surface area contributed by atoms with Crippen molar-refractivity contribution >= 4 is 43.6 Å². The molecule has 0 aliphatic heterocycles. The molecule has 0 radical (unpaired) electrons. The Labute approximate surface area is 288 Å². The zero-order chi connectivity index (χ0) is 33.0. The highest BCUT2D eigenvalue weighted by atomic mass is 15.2. The van der Waals surface area contributed by atoms with Gasteiger partial charge in [-0.2, -0.15) is 9.97 Å². The quantitative estimate of drug-likeness (QED) is 0.188. The Kier molecular flexibility index (Phi) is 6.42. The van der Waals surface area contributed by atoms with Crippen molar-refractivity contribution in [1.29, 1.82) is 0 Å². The van der Waals surface area contributed by atoms with Gasteiger partial charge >= 0.3 is 0 Å². The third kappa shape index (κ3) is 4.52. The van der Waals surface area contributed by atoms with Gasteiger partial charge in [-0.15, -0.1) is 0 Å². The van der Waals surface area contributed by atoms with Gasteiger partial charge in [-0.25, -0.2) is 4.98 Å². The highest BCUT2D eigenvalue weighted by molar-refractivity contribution is 6.12. The summed E-state index contributed by atoms with van der Waals surface area (Å²) in [5.74, 6) is 1.84. The van der Waals surface area contributed by atoms with E-state index in [9.17, 15) is 0 Å². The van der Waals surface area contributed by atoms with Crippen LogP contribution in [0.2, 0.25) is 0 Å². The molecule has 0 N–H and O–H groups in total. The summed E-state index contributed by atoms with van der Waals surface area (Å²) >= 11 is 0. The molecule has 0 unspecified atom stereocenters. The minimum Gasteiger partial charge on any atom is -0.309 e. The van der Waals surface area contributed by atoms with Crippen LogP contribution in [0.4, 0.5) is 0 Å². The van der Waals surface area contributed by atoms with Gasteiger partial charge in [-0.3, -0.25) is 4.57 Å². The van der Waals surface area contributed by atoms with Crippen molar-refractivity contribution in [3.8, 4) is 45.5 Å². The molecule has 5 heteroatoms. The van der Waals surface area contributed by atoms with E-state index in [4.69, 9.17) is 15.0 Å². The van der Waals surface area contributed by atoms with E-state index in [0.29, 0.717) is 17.6 Å². The molecule has 10 aromatic rings. The Morgan fingerprint density at radius 3 is 1.36 bits per heavy atom. The molecule has 0 atom stereocenters. The average Bonchev–Trinajstić information content (AvgIpc) is 3.71. The normalized spacial score (nSPS) is 11.6. The first-order valence-electron chi connectivity index (χ1n) is 16.8. The second kappa shape index (κ2) is 11.4. The van der Waals surface area contributed by atoms with Crippen LogP contribution in [0.15, 0.2) is 176 Å². The molecule has 234 valence electrons. The maximum Gasteiger partial charge on any atom is 0.238 e. The van der Waals surface area contributed by atoms with Crippen molar-refractivity contribution in [1.82, 2.24) is 24.1 Å². The van der Waals surface area contributed by atoms with Crippen LogP contribution in [0.5, 0.6) is 0 Å². The van der Waals surface area contributed by atoms with Crippen LogP contribution in [0.1, 0.15) is 0 Å². The van der Waals surface area contributed by atoms with Gasteiger partial charge in [0, 0.05) is 38.4 Å². The van der Waals surface area contributed by atoms with Crippen molar-refractivity contribution in [3.63, 3.8) is 0 Å². The summed E-state index contributed by atoms with van der Waals surface area (Å²) < 4.78 is 4.58. The number of hydrogen-bond donors (Lipinski definition) is 0. The number of nitrogens with zero attached hydrogens (tertiary/aromatic N) is 5. The van der Waals surface area contributed by atoms with Crippen LogP contribution in [0.3, 0.4) is 0 Å². The molecule has 0 spiro atoms. The molecule has 10 rings (SSSR count). The Morgan fingerprint density at radius 1 is 0.300 bits per heavy atom. The van der Waals surface area contributed by atoms with Crippen molar-refractivity contribution in [2.24, 2.45) is 0 Å². The Balaban J connectivity index is 1.26. The predicted octanol–water partition coefficient (Wildman–Crippen LogP) is 11.1. The molecule has 3 heterocycles. The number of fused-ring (bicyclic) bond motifs is 6. The monoisotopic (exact) mass is 639 g/mol. The van der Waals surface area contributed by atoms with Crippen LogP contribution in [-0.2, 0) is 0 Å². The minimum atomic E-state index is 0.578. The van der Waals surface area contributed by atoms with E-state index in [1.54, 1.807) is 0 Å². The Bertz CT molecular complexity index is 2800. The van der Waals surface area contributed by atoms with Gasteiger partial charge in [0.15, 0.2) is 11.6 Å². The van der Waals surface area contributed by atoms with Crippen LogP contribution in [-0.4, -0.2) is 24.1 Å². The van der Waals surface area contributed by atoms with Gasteiger partial charge < -0.3 is 4.57 Å². The number of aromatic nitrogens is 5. The van der Waals surface area contributed by atoms with E-state index in [2.05, 4.69) is 124 Å². The fraction of sp³-hybridized carbons (Fsp3) is 0. The van der Waals surface area contributed by atoms with E-state index in [1.165, 1.54) is 21.9 Å². The fourth-order valence-electron chi connectivity index (χ4n) is 7.27. The maximum absolute atomic E-state index is 5.14. The molecule has 3 aromatic heterocycles. The number of rotatable bonds is 5. The second-order valence-electron chi connectivity index (χ2n) is 12.5. The molecule has 0 aliphatic rings. The van der Waals surface area contributed by atoms with Crippen molar-refractivity contribution < 1.29 is 0 Å². The van der Waals surface area contributed by atoms with Crippen molar-refractivity contribution in [3.05, 3.63) is 176 Å². The molecular weight excluding hydrogens is 611 g/mol. The zero-order valence-corrected chi connectivity index (χ0v) is 27.0. The smallest absolute Gasteiger partial charge is 0.238 e. The summed E-state index contributed by atoms with van der Waals surface area (Å²) in [7, 11) is 0. The van der Waals surface area contributed by atoms with Crippen LogP contribution < -0.4 is 0 Å². The summed E-state index contributed by atoms with van der Waals surface area (Å²) in [6, 6.07) is 61.6. The predicted molar refractivity (Wildman–Crippen MR) is 205 cm³/mol. The molecule has 0 amide bonds. The lowest BCUT2D eigenvalue weighted by Gasteiger charge is -2.12. The lowest BCUT2D eigenvalue weighted by molar-refractivity contribution is 0.953. The summed E-state index contributed by atoms with van der Waals surface area (Å²) in [4.78, 5) is 15.3. The molecule has 0 saturated heterocycles. The Morgan fingerprint density at radius 2 is 0.760 bits per heavy atom. The molecular formula is C45H29N5. The van der Waals surface area contributed by atoms with Gasteiger partial charge in [0.05, 0.1) is 22.1 Å². The maximum atomic E-state index is 5.14. The van der Waals surface area contributed by atoms with E-state index in [1.807, 2.05) is 60.7 Å². The van der Waals surface area contributed by atoms with Gasteiger partial charge in [-0.1, -0.05) is 146 Å². The summed E-state index contributed by atoms with van der Waals surface area (Å²) in [6.07, 6.45) is 0. The summed E-state index contributed by atoms with van der Waals surface area (Å²) in [5, 5.41) is 4.72. The number of hydrogen-bond acceptors (Lipinski definition) is 3. The zero-order valence-electron chi connectivity index (χ0n) is 27.0. The van der Waals surface area contributed by atoms with E-state index in [0.717, 1.165) is 49.7 Å². The van der Waals surface area contributed by atoms with Gasteiger partial charge in [0.1, 0.15) is 0 Å². The first kappa shape index (κ1) is 28.2. The molecule has 0 fully saturated rings. The highest BCUT2D eigenvalue weighted by Gasteiger charge is 2.20. The van der Waals surface area contributed by atoms with Crippen LogP contribution >= 0.6 is 0 Å². The molecule has 0 saturated carbocycles. The standard InChI is InChI=1S/C45H29N5/c1-4-14-30(15-5-1)33-24-26-37-35-20-10-12-22-39(35)49(41(37)28-33)34-25-27-38-36-21-11-13-23-40(36)50(42(38)29-34)45-47-43(31-16-6-2-7-17-31)46-44(48-45)32-18-8-3-9-19-32/h1-29H. The van der Waals surface area contributed by atoms with Crippen LogP contribution in [0.25, 0.3) is 89.2 Å². The summed E-state index contributed by atoms with van der Waals surface area (Å²) in [5.41, 5.74) is 9.71. The molecule has 0 aliphatic carbocycles. The summed E-state index contributed by atoms with van der Waals surface area (Å²) in [6.45, 7) is 0. The molecule has 7 aromatic carbocycles. The van der Waals surface area contributed by atoms with E-state index >= 15 is 0 Å². The van der Waals surface area contributed by atoms with E-state index < -0.39 is 0 Å². The first-order valence-corrected chi connectivity index (χ1v) is 16.8. The fourth-order valence-corrected chi connectivity index (χ4v) is 7.27. The molecule has 0 bridgehead atoms. The largest absolute Gasteiger partial charge is 0.309 e. The highest BCUT2D eigenvalue weighted by Crippen LogP contribution is 2.38.